The van der Waals surface area contributed by atoms with E-state index in [4.69, 9.17) is 10.2 Å². The Morgan fingerprint density at radius 3 is 0.533 bits per heavy atom. The molecular weight excluding hydrogens is 983 g/mol. The van der Waals surface area contributed by atoms with E-state index in [2.05, 4.69) is 0 Å². The van der Waals surface area contributed by atoms with Crippen molar-refractivity contribution in [2.24, 2.45) is 0 Å². The zero-order valence-corrected chi connectivity index (χ0v) is 23.9. The Hall–Kier alpha value is 6.96. The van der Waals surface area contributed by atoms with E-state index in [-0.39, 0.29) is 22.3 Å². The van der Waals surface area contributed by atoms with Crippen LogP contribution in [0.1, 0.15) is 22.3 Å². The number of hydrogen-bond donors (Lipinski definition) is 0. The van der Waals surface area contributed by atoms with Crippen LogP contribution in [0.5, 0.6) is 0 Å². The van der Waals surface area contributed by atoms with Gasteiger partial charge in [-0.2, -0.15) is 0 Å². The summed E-state index contributed by atoms with van der Waals surface area (Å²) in [7, 11) is 0. The highest BCUT2D eigenvalue weighted by molar-refractivity contribution is 14.2. The molecule has 0 rings (SSSR count). The summed E-state index contributed by atoms with van der Waals surface area (Å²) in [6, 6.07) is 0. The van der Waals surface area contributed by atoms with Gasteiger partial charge in [-0.25, -0.2) is 0 Å². The Morgan fingerprint density at radius 2 is 0.533 bits per heavy atom. The van der Waals surface area contributed by atoms with Gasteiger partial charge >= 0.3 is 0 Å². The Kier molecular flexibility index (Phi) is 252. The maximum atomic E-state index is 6.30. The van der Waals surface area contributed by atoms with Crippen LogP contribution in [0, 0.1) is 0 Å². The van der Waals surface area contributed by atoms with Gasteiger partial charge in [0.1, 0.15) is 0 Å². The third-order valence-electron chi connectivity index (χ3n) is 0. The van der Waals surface area contributed by atoms with Crippen molar-refractivity contribution < 1.29 is 0 Å². The van der Waals surface area contributed by atoms with Gasteiger partial charge in [-0.1, -0.05) is 195 Å². The smallest absolute Gasteiger partial charge is 0.0656 e. The molecule has 0 aromatic heterocycles. The predicted octanol–water partition coefficient (Wildman–Crippen LogP) is 9.18. The van der Waals surface area contributed by atoms with E-state index in [1.54, 1.807) is 44.1 Å². The monoisotopic (exact) mass is 1020 g/mol. The Labute approximate surface area is 201 Å². The normalized spacial score (nSPS) is 13.3. The van der Waals surface area contributed by atoms with Crippen molar-refractivity contribution >= 4 is 173 Å². The fraction of sp³-hybridized carbons (Fsp3) is 1.00. The lowest BCUT2D eigenvalue weighted by atomic mass is 12.0. The maximum Gasteiger partial charge on any atom is 0.0656 e. The van der Waals surface area contributed by atoms with Crippen LogP contribution in [0.2, 0.25) is 0 Å². The largest absolute Gasteiger partial charge is 0.0776 e. The molecule has 0 aromatic rings. The van der Waals surface area contributed by atoms with E-state index in [0.717, 1.165) is 0 Å². The summed E-state index contributed by atoms with van der Waals surface area (Å²) in [6.45, 7) is -1.09. The van der Waals surface area contributed by atoms with E-state index < -0.39 is 13.5 Å². The first-order valence-electron chi connectivity index (χ1n) is 4.88. The summed E-state index contributed by atoms with van der Waals surface area (Å²) in [4.78, 5) is 0. The molecule has 0 saturated heterocycles. The van der Waals surface area contributed by atoms with E-state index in [9.17, 15) is 0 Å². The molecule has 0 spiro atoms. The summed E-state index contributed by atoms with van der Waals surface area (Å²) in [5.41, 5.74) is 0. The van der Waals surface area contributed by atoms with Crippen molar-refractivity contribution in [2.45, 2.75) is 22.3 Å². The summed E-state index contributed by atoms with van der Waals surface area (Å²) >= 11 is 11.4. The molecule has 0 radical (unpaired) electrons. The molecule has 15 heavy (non-hydrogen) atoms. The average Bonchev–Trinajstić information content (AvgIpc) is 2.18. The summed E-state index contributed by atoms with van der Waals surface area (Å²) in [5.74, 6) is 0. The van der Waals surface area contributed by atoms with E-state index in [1.807, 2.05) is 88.2 Å². The molecule has 0 aliphatic carbocycles. The molecule has 4 atom stereocenters. The molecule has 0 nitrogen and oxygen atoms in total. The molecule has 12 heteroatoms. The lowest BCUT2D eigenvalue weighted by Gasteiger charge is -1.07. The first-order valence-corrected chi connectivity index (χ1v) is 22.0. The van der Waals surface area contributed by atoms with Gasteiger partial charge in [0.05, 0.1) is 10.2 Å². The standard InChI is InChI=1S/3CH4.6H2IP/c;;;6*1-2/h3*1H4;6*2H2/i;;;2*2D2;4*2D. The van der Waals surface area contributed by atoms with Crippen molar-refractivity contribution in [3.8, 4) is 0 Å². The van der Waals surface area contributed by atoms with Crippen LogP contribution < -0.4 is 0 Å². The van der Waals surface area contributed by atoms with Crippen LogP contribution in [-0.4, -0.2) is 10.2 Å². The van der Waals surface area contributed by atoms with Gasteiger partial charge in [0.25, 0.3) is 0 Å². The van der Waals surface area contributed by atoms with Crippen molar-refractivity contribution in [3.05, 3.63) is 0 Å². The first kappa shape index (κ1) is 22.0. The highest BCUT2D eigenvalue weighted by Crippen LogP contribution is 1.88. The van der Waals surface area contributed by atoms with Crippen molar-refractivity contribution in [1.29, 1.82) is 10.2 Å². The van der Waals surface area contributed by atoms with Gasteiger partial charge < -0.3 is 0 Å². The number of hydrogen-bond acceptors (Lipinski definition) is 0. The molecule has 0 heterocycles. The quantitative estimate of drug-likeness (QED) is 0.168. The van der Waals surface area contributed by atoms with Gasteiger partial charge in [0.15, 0.2) is 0 Å². The lowest BCUT2D eigenvalue weighted by molar-refractivity contribution is 2.50. The minimum absolute atomic E-state index is 0. The van der Waals surface area contributed by atoms with Gasteiger partial charge in [0, 0.05) is 0 Å². The fourth-order valence-corrected chi connectivity index (χ4v) is 0. The highest BCUT2D eigenvalue weighted by atomic mass is 127. The van der Waals surface area contributed by atoms with Gasteiger partial charge in [-0.3, -0.25) is 0 Å². The highest BCUT2D eigenvalue weighted by Gasteiger charge is 0.944. The molecular formula is C3H24I6P6. The SMILES string of the molecule is C.C.C.[2H]P([2H])I.[2H]P([2H])I.[2H]PI.[2H]PI.[2H]PI.[2H]PI. The molecule has 0 saturated carbocycles. The zero-order valence-electron chi connectivity index (χ0n) is 13.2. The van der Waals surface area contributed by atoms with Crippen molar-refractivity contribution in [3.63, 3.8) is 0 Å². The molecule has 0 bridgehead atoms. The molecule has 0 aromatic carbocycles. The lowest BCUT2D eigenvalue weighted by Crippen LogP contribution is -0.127. The van der Waals surface area contributed by atoms with E-state index in [1.165, 1.54) is 0 Å². The molecule has 0 amide bonds. The molecule has 0 aliphatic rings. The predicted molar refractivity (Wildman–Crippen MR) is 163 cm³/mol. The molecule has 108 valence electrons. The van der Waals surface area contributed by atoms with Crippen LogP contribution >= 0.6 is 173 Å². The molecule has 0 aliphatic heterocycles. The van der Waals surface area contributed by atoms with Crippen LogP contribution in [0.4, 0.5) is 0 Å². The summed E-state index contributed by atoms with van der Waals surface area (Å²) in [5, 5.41) is 0. The third-order valence-corrected chi connectivity index (χ3v) is 0. The van der Waals surface area contributed by atoms with Crippen molar-refractivity contribution in [2.75, 3.05) is 0 Å². The summed E-state index contributed by atoms with van der Waals surface area (Å²) < 4.78 is 50.1. The third kappa shape index (κ3) is 156. The molecule has 0 N–H and O–H groups in total. The van der Waals surface area contributed by atoms with Crippen molar-refractivity contribution in [1.82, 2.24) is 0 Å². The second kappa shape index (κ2) is 172. The van der Waals surface area contributed by atoms with Gasteiger partial charge in [-0.15, -0.1) is 0 Å². The Balaban J connectivity index is -0.0000000143. The zero-order chi connectivity index (χ0) is 18.0. The molecule has 0 fully saturated rings. The van der Waals surface area contributed by atoms with Crippen LogP contribution in [0.3, 0.4) is 0 Å². The van der Waals surface area contributed by atoms with Gasteiger partial charge in [-0.05, 0) is 0 Å². The van der Waals surface area contributed by atoms with E-state index in [0.29, 0.717) is 27.3 Å². The number of rotatable bonds is 0. The van der Waals surface area contributed by atoms with E-state index >= 15 is 0 Å². The average molecular weight is 1020 g/mol. The topological polar surface area (TPSA) is 0 Å². The van der Waals surface area contributed by atoms with Crippen LogP contribution in [0.25, 0.3) is 0 Å². The fourth-order valence-electron chi connectivity index (χ4n) is 0. The Bertz CT molecular complexity index is 87.2. The second-order valence-electron chi connectivity index (χ2n) is 0. The van der Waals surface area contributed by atoms with Crippen LogP contribution in [0.15, 0.2) is 0 Å². The Morgan fingerprint density at radius 1 is 0.533 bits per heavy atom. The van der Waals surface area contributed by atoms with Gasteiger partial charge in [0.2, 0.25) is 0 Å². The number of halogens is 6. The maximum absolute atomic E-state index is 6.30. The minimum atomic E-state index is -1.15. The summed E-state index contributed by atoms with van der Waals surface area (Å²) in [6.07, 6.45) is 0. The van der Waals surface area contributed by atoms with Crippen LogP contribution in [-0.2, 0) is 0 Å². The minimum Gasteiger partial charge on any atom is -0.0776 e. The molecule has 4 unspecified atom stereocenters. The first-order chi connectivity index (χ1) is 9.12. The second-order valence-corrected chi connectivity index (χ2v) is 0.